The Kier molecular flexibility index (Phi) is 6.25. The van der Waals surface area contributed by atoms with Gasteiger partial charge in [0.1, 0.15) is 0 Å². The van der Waals surface area contributed by atoms with Gasteiger partial charge in [-0.25, -0.2) is 8.42 Å². The summed E-state index contributed by atoms with van der Waals surface area (Å²) < 4.78 is 28.7. The fourth-order valence-corrected chi connectivity index (χ4v) is 6.16. The minimum atomic E-state index is -3.60. The van der Waals surface area contributed by atoms with Crippen molar-refractivity contribution in [2.24, 2.45) is 0 Å². The van der Waals surface area contributed by atoms with E-state index in [-0.39, 0.29) is 24.1 Å². The van der Waals surface area contributed by atoms with Crippen LogP contribution in [0.1, 0.15) is 32.1 Å². The highest BCUT2D eigenvalue weighted by atomic mass is 79.9. The van der Waals surface area contributed by atoms with Gasteiger partial charge in [0.05, 0.1) is 11.5 Å². The van der Waals surface area contributed by atoms with E-state index >= 15 is 0 Å². The molecule has 118 valence electrons. The summed E-state index contributed by atoms with van der Waals surface area (Å²) in [6.45, 7) is -0.0145. The van der Waals surface area contributed by atoms with E-state index in [2.05, 4.69) is 31.9 Å². The first kappa shape index (κ1) is 17.4. The molecular formula is C14H19Br2NO3S. The number of aliphatic hydroxyl groups is 1. The molecule has 0 unspecified atom stereocenters. The maximum absolute atomic E-state index is 12.9. The molecule has 2 rings (SSSR count). The van der Waals surface area contributed by atoms with Crippen molar-refractivity contribution in [2.75, 3.05) is 13.2 Å². The Labute approximate surface area is 142 Å². The van der Waals surface area contributed by atoms with Gasteiger partial charge in [-0.3, -0.25) is 0 Å². The van der Waals surface area contributed by atoms with Gasteiger partial charge in [0.15, 0.2) is 0 Å². The van der Waals surface area contributed by atoms with Crippen LogP contribution in [0.25, 0.3) is 0 Å². The van der Waals surface area contributed by atoms with Crippen LogP contribution in [0.15, 0.2) is 32.0 Å². The van der Waals surface area contributed by atoms with Crippen molar-refractivity contribution in [1.82, 2.24) is 4.31 Å². The van der Waals surface area contributed by atoms with Crippen molar-refractivity contribution in [3.8, 4) is 0 Å². The molecule has 1 aliphatic rings. The summed E-state index contributed by atoms with van der Waals surface area (Å²) >= 11 is 6.66. The van der Waals surface area contributed by atoms with Gasteiger partial charge in [-0.05, 0) is 47.0 Å². The number of aliphatic hydroxyl groups excluding tert-OH is 1. The molecule has 0 aromatic heterocycles. The molecule has 0 bridgehead atoms. The van der Waals surface area contributed by atoms with Crippen LogP contribution in [0.2, 0.25) is 0 Å². The predicted molar refractivity (Wildman–Crippen MR) is 89.7 cm³/mol. The Bertz CT molecular complexity index is 586. The van der Waals surface area contributed by atoms with Crippen molar-refractivity contribution < 1.29 is 13.5 Å². The van der Waals surface area contributed by atoms with E-state index in [0.29, 0.717) is 4.47 Å². The van der Waals surface area contributed by atoms with E-state index in [1.165, 1.54) is 4.31 Å². The summed E-state index contributed by atoms with van der Waals surface area (Å²) in [4.78, 5) is 0.254. The summed E-state index contributed by atoms with van der Waals surface area (Å²) in [5, 5.41) is 9.27. The van der Waals surface area contributed by atoms with E-state index in [9.17, 15) is 13.5 Å². The van der Waals surface area contributed by atoms with E-state index in [4.69, 9.17) is 0 Å². The second-order valence-corrected chi connectivity index (χ2v) is 8.83. The third kappa shape index (κ3) is 4.07. The minimum absolute atomic E-state index is 0.00792. The second kappa shape index (κ2) is 7.55. The smallest absolute Gasteiger partial charge is 0.244 e. The molecule has 0 heterocycles. The first-order valence-electron chi connectivity index (χ1n) is 7.04. The first-order valence-corrected chi connectivity index (χ1v) is 10.1. The van der Waals surface area contributed by atoms with Crippen LogP contribution in [-0.4, -0.2) is 37.0 Å². The molecule has 0 saturated heterocycles. The molecule has 1 fully saturated rings. The van der Waals surface area contributed by atoms with Crippen molar-refractivity contribution in [3.63, 3.8) is 0 Å². The number of halogens is 2. The lowest BCUT2D eigenvalue weighted by Crippen LogP contribution is -2.43. The van der Waals surface area contributed by atoms with Gasteiger partial charge in [-0.1, -0.05) is 35.2 Å². The molecule has 1 saturated carbocycles. The Morgan fingerprint density at radius 1 is 1.19 bits per heavy atom. The number of benzene rings is 1. The zero-order valence-electron chi connectivity index (χ0n) is 11.6. The topological polar surface area (TPSA) is 57.6 Å². The number of hydrogen-bond donors (Lipinski definition) is 1. The highest BCUT2D eigenvalue weighted by Gasteiger charge is 2.33. The maximum atomic E-state index is 12.9. The molecule has 1 aliphatic carbocycles. The summed E-state index contributed by atoms with van der Waals surface area (Å²) in [5.74, 6) is 0. The van der Waals surface area contributed by atoms with Crippen molar-refractivity contribution in [2.45, 2.75) is 43.0 Å². The highest BCUT2D eigenvalue weighted by Crippen LogP contribution is 2.32. The largest absolute Gasteiger partial charge is 0.395 e. The molecule has 21 heavy (non-hydrogen) atoms. The average molecular weight is 441 g/mol. The molecule has 0 amide bonds. The molecule has 1 aromatic carbocycles. The summed E-state index contributed by atoms with van der Waals surface area (Å²) in [7, 11) is -3.60. The number of sulfonamides is 1. The zero-order valence-corrected chi connectivity index (χ0v) is 15.6. The average Bonchev–Trinajstić information content (AvgIpc) is 2.45. The SMILES string of the molecule is O=S(=O)(c1ccc(Br)cc1Br)N(CCO)C1CCCCC1. The quantitative estimate of drug-likeness (QED) is 0.761. The number of nitrogens with zero attached hydrogens (tertiary/aromatic N) is 1. The molecule has 0 spiro atoms. The summed E-state index contributed by atoms with van der Waals surface area (Å²) in [6, 6.07) is 5.03. The lowest BCUT2D eigenvalue weighted by molar-refractivity contribution is 0.199. The molecule has 0 atom stereocenters. The minimum Gasteiger partial charge on any atom is -0.395 e. The normalized spacial score (nSPS) is 17.3. The highest BCUT2D eigenvalue weighted by molar-refractivity contribution is 9.11. The third-order valence-electron chi connectivity index (χ3n) is 3.78. The van der Waals surface area contributed by atoms with Crippen molar-refractivity contribution >= 4 is 41.9 Å². The Morgan fingerprint density at radius 3 is 2.43 bits per heavy atom. The van der Waals surface area contributed by atoms with E-state index in [1.807, 2.05) is 0 Å². The molecule has 4 nitrogen and oxygen atoms in total. The fraction of sp³-hybridized carbons (Fsp3) is 0.571. The Balaban J connectivity index is 2.36. The third-order valence-corrected chi connectivity index (χ3v) is 7.20. The van der Waals surface area contributed by atoms with Gasteiger partial charge < -0.3 is 5.11 Å². The van der Waals surface area contributed by atoms with E-state index in [1.54, 1.807) is 18.2 Å². The van der Waals surface area contributed by atoms with Crippen LogP contribution < -0.4 is 0 Å². The van der Waals surface area contributed by atoms with E-state index < -0.39 is 10.0 Å². The van der Waals surface area contributed by atoms with Crippen LogP contribution in [0.4, 0.5) is 0 Å². The lowest BCUT2D eigenvalue weighted by atomic mass is 9.95. The lowest BCUT2D eigenvalue weighted by Gasteiger charge is -2.33. The van der Waals surface area contributed by atoms with Crippen LogP contribution in [0.3, 0.4) is 0 Å². The molecule has 0 radical (unpaired) electrons. The van der Waals surface area contributed by atoms with Crippen LogP contribution in [0.5, 0.6) is 0 Å². The van der Waals surface area contributed by atoms with Crippen molar-refractivity contribution in [1.29, 1.82) is 0 Å². The molecule has 1 aromatic rings. The number of hydrogen-bond acceptors (Lipinski definition) is 3. The van der Waals surface area contributed by atoms with Gasteiger partial charge in [0, 0.05) is 21.5 Å². The summed E-state index contributed by atoms with van der Waals surface area (Å²) in [6.07, 6.45) is 4.99. The van der Waals surface area contributed by atoms with Gasteiger partial charge >= 0.3 is 0 Å². The molecular weight excluding hydrogens is 422 g/mol. The standard InChI is InChI=1S/C14H19Br2NO3S/c15-11-6-7-14(13(16)10-11)21(19,20)17(8-9-18)12-4-2-1-3-5-12/h6-7,10,12,18H,1-5,8-9H2. The molecule has 7 heteroatoms. The van der Waals surface area contributed by atoms with Gasteiger partial charge in [-0.15, -0.1) is 0 Å². The monoisotopic (exact) mass is 439 g/mol. The Hall–Kier alpha value is 0.0500. The van der Waals surface area contributed by atoms with Crippen LogP contribution >= 0.6 is 31.9 Å². The first-order chi connectivity index (χ1) is 9.96. The van der Waals surface area contributed by atoms with Crippen LogP contribution in [0, 0.1) is 0 Å². The predicted octanol–water partition coefficient (Wildman–Crippen LogP) is 3.53. The second-order valence-electron chi connectivity index (χ2n) is 5.21. The van der Waals surface area contributed by atoms with Gasteiger partial charge in [0.25, 0.3) is 0 Å². The molecule has 0 aliphatic heterocycles. The summed E-state index contributed by atoms with van der Waals surface area (Å²) in [5.41, 5.74) is 0. The van der Waals surface area contributed by atoms with Gasteiger partial charge in [0.2, 0.25) is 10.0 Å². The fourth-order valence-electron chi connectivity index (χ4n) is 2.78. The maximum Gasteiger partial charge on any atom is 0.244 e. The Morgan fingerprint density at radius 2 is 1.86 bits per heavy atom. The van der Waals surface area contributed by atoms with Crippen molar-refractivity contribution in [3.05, 3.63) is 27.1 Å². The van der Waals surface area contributed by atoms with Crippen LogP contribution in [-0.2, 0) is 10.0 Å². The molecule has 1 N–H and O–H groups in total. The van der Waals surface area contributed by atoms with Gasteiger partial charge in [-0.2, -0.15) is 4.31 Å². The zero-order chi connectivity index (χ0) is 15.5. The van der Waals surface area contributed by atoms with E-state index in [0.717, 1.165) is 36.6 Å². The number of rotatable bonds is 5.